The van der Waals surface area contributed by atoms with Crippen LogP contribution in [0.4, 0.5) is 5.69 Å². The van der Waals surface area contributed by atoms with Crippen molar-refractivity contribution in [3.8, 4) is 0 Å². The first-order chi connectivity index (χ1) is 11.9. The number of hydrogen-bond donors (Lipinski definition) is 1. The quantitative estimate of drug-likeness (QED) is 0.512. The molecule has 0 aromatic heterocycles. The molecule has 0 atom stereocenters. The first-order valence-electron chi connectivity index (χ1n) is 8.16. The normalized spacial score (nSPS) is 10.2. The Bertz CT molecular complexity index is 587. The number of rotatable bonds is 10. The average molecular weight is 350 g/mol. The van der Waals surface area contributed by atoms with Gasteiger partial charge in [-0.05, 0) is 24.1 Å². The molecule has 7 heteroatoms. The number of carbonyl (C=O) groups excluding carboxylic acids is 3. The highest BCUT2D eigenvalue weighted by molar-refractivity contribution is 5.92. The maximum Gasteiger partial charge on any atom is 0.306 e. The van der Waals surface area contributed by atoms with Crippen LogP contribution in [0.25, 0.3) is 0 Å². The first kappa shape index (κ1) is 20.6. The SMILES string of the molecule is COCCOC(=O)CCC(=O)Nc1cccc(CCC(=O)N(C)C)c1. The van der Waals surface area contributed by atoms with Gasteiger partial charge in [-0.25, -0.2) is 0 Å². The van der Waals surface area contributed by atoms with Gasteiger partial charge in [-0.2, -0.15) is 0 Å². The minimum Gasteiger partial charge on any atom is -0.463 e. The molecule has 0 fully saturated rings. The van der Waals surface area contributed by atoms with Crippen molar-refractivity contribution in [2.75, 3.05) is 39.7 Å². The lowest BCUT2D eigenvalue weighted by atomic mass is 10.1. The molecule has 0 aliphatic rings. The van der Waals surface area contributed by atoms with E-state index in [1.807, 2.05) is 18.2 Å². The predicted molar refractivity (Wildman–Crippen MR) is 94.2 cm³/mol. The Labute approximate surface area is 148 Å². The number of nitrogens with zero attached hydrogens (tertiary/aromatic N) is 1. The second kappa shape index (κ2) is 11.2. The molecular weight excluding hydrogens is 324 g/mol. The van der Waals surface area contributed by atoms with Gasteiger partial charge in [0, 0.05) is 39.7 Å². The summed E-state index contributed by atoms with van der Waals surface area (Å²) in [7, 11) is 4.96. The Morgan fingerprint density at radius 2 is 1.84 bits per heavy atom. The second-order valence-electron chi connectivity index (χ2n) is 5.75. The van der Waals surface area contributed by atoms with Crippen LogP contribution in [0, 0.1) is 0 Å². The summed E-state index contributed by atoms with van der Waals surface area (Å²) in [5.74, 6) is -0.630. The molecule has 0 aliphatic carbocycles. The van der Waals surface area contributed by atoms with E-state index in [0.29, 0.717) is 25.1 Å². The number of amides is 2. The van der Waals surface area contributed by atoms with Crippen molar-refractivity contribution in [3.05, 3.63) is 29.8 Å². The Kier molecular flexibility index (Phi) is 9.24. The van der Waals surface area contributed by atoms with E-state index in [1.165, 1.54) is 7.11 Å². The number of nitrogens with one attached hydrogen (secondary N) is 1. The van der Waals surface area contributed by atoms with Gasteiger partial charge >= 0.3 is 5.97 Å². The minimum atomic E-state index is -0.428. The lowest BCUT2D eigenvalue weighted by Gasteiger charge is -2.11. The highest BCUT2D eigenvalue weighted by Crippen LogP contribution is 2.13. The Balaban J connectivity index is 2.40. The molecule has 138 valence electrons. The third-order valence-electron chi connectivity index (χ3n) is 3.44. The Morgan fingerprint density at radius 1 is 1.08 bits per heavy atom. The fourth-order valence-corrected chi connectivity index (χ4v) is 2.03. The topological polar surface area (TPSA) is 84.9 Å². The summed E-state index contributed by atoms with van der Waals surface area (Å²) in [6.07, 6.45) is 1.09. The Morgan fingerprint density at radius 3 is 2.52 bits per heavy atom. The van der Waals surface area contributed by atoms with Crippen LogP contribution in [0.3, 0.4) is 0 Å². The van der Waals surface area contributed by atoms with Crippen LogP contribution < -0.4 is 5.32 Å². The zero-order valence-corrected chi connectivity index (χ0v) is 15.0. The molecule has 7 nitrogen and oxygen atoms in total. The van der Waals surface area contributed by atoms with Crippen molar-refractivity contribution in [3.63, 3.8) is 0 Å². The molecule has 0 aliphatic heterocycles. The van der Waals surface area contributed by atoms with Gasteiger partial charge < -0.3 is 19.7 Å². The predicted octanol–water partition coefficient (Wildman–Crippen LogP) is 1.62. The lowest BCUT2D eigenvalue weighted by Crippen LogP contribution is -2.21. The summed E-state index contributed by atoms with van der Waals surface area (Å²) >= 11 is 0. The molecule has 2 amide bonds. The molecule has 0 saturated heterocycles. The van der Waals surface area contributed by atoms with Crippen LogP contribution in [0.2, 0.25) is 0 Å². The number of esters is 1. The van der Waals surface area contributed by atoms with Crippen molar-refractivity contribution in [1.82, 2.24) is 4.90 Å². The Hall–Kier alpha value is -2.41. The molecular formula is C18H26N2O5. The van der Waals surface area contributed by atoms with Gasteiger partial charge in [0.2, 0.25) is 11.8 Å². The van der Waals surface area contributed by atoms with Gasteiger partial charge in [0.25, 0.3) is 0 Å². The average Bonchev–Trinajstić information content (AvgIpc) is 2.58. The monoisotopic (exact) mass is 350 g/mol. The molecule has 25 heavy (non-hydrogen) atoms. The van der Waals surface area contributed by atoms with Gasteiger partial charge in [-0.15, -0.1) is 0 Å². The summed E-state index contributed by atoms with van der Waals surface area (Å²) in [5, 5.41) is 2.75. The molecule has 0 saturated carbocycles. The van der Waals surface area contributed by atoms with E-state index < -0.39 is 5.97 Å². The molecule has 0 bridgehead atoms. The summed E-state index contributed by atoms with van der Waals surface area (Å²) in [5.41, 5.74) is 1.61. The minimum absolute atomic E-state index is 0.0204. The van der Waals surface area contributed by atoms with E-state index in [0.717, 1.165) is 5.56 Å². The van der Waals surface area contributed by atoms with Gasteiger partial charge in [-0.1, -0.05) is 12.1 Å². The lowest BCUT2D eigenvalue weighted by molar-refractivity contribution is -0.145. The van der Waals surface area contributed by atoms with Crippen molar-refractivity contribution in [2.24, 2.45) is 0 Å². The fraction of sp³-hybridized carbons (Fsp3) is 0.500. The smallest absolute Gasteiger partial charge is 0.306 e. The van der Waals surface area contributed by atoms with Crippen LogP contribution in [-0.2, 0) is 30.3 Å². The van der Waals surface area contributed by atoms with E-state index in [1.54, 1.807) is 25.1 Å². The zero-order valence-electron chi connectivity index (χ0n) is 15.0. The number of methoxy groups -OCH3 is 1. The van der Waals surface area contributed by atoms with E-state index in [2.05, 4.69) is 5.32 Å². The standard InChI is InChI=1S/C18H26N2O5/c1-20(2)17(22)9-7-14-5-4-6-15(13-14)19-16(21)8-10-18(23)25-12-11-24-3/h4-6,13H,7-12H2,1-3H3,(H,19,21). The van der Waals surface area contributed by atoms with Crippen LogP contribution in [0.15, 0.2) is 24.3 Å². The molecule has 1 aromatic carbocycles. The molecule has 0 spiro atoms. The maximum absolute atomic E-state index is 11.9. The number of anilines is 1. The molecule has 0 heterocycles. The number of aryl methyl sites for hydroxylation is 1. The highest BCUT2D eigenvalue weighted by atomic mass is 16.6. The van der Waals surface area contributed by atoms with E-state index in [4.69, 9.17) is 9.47 Å². The molecule has 0 radical (unpaired) electrons. The summed E-state index contributed by atoms with van der Waals surface area (Å²) in [4.78, 5) is 36.5. The van der Waals surface area contributed by atoms with Gasteiger partial charge in [0.05, 0.1) is 13.0 Å². The highest BCUT2D eigenvalue weighted by Gasteiger charge is 2.09. The second-order valence-corrected chi connectivity index (χ2v) is 5.75. The van der Waals surface area contributed by atoms with Gasteiger partial charge in [0.1, 0.15) is 6.61 Å². The number of hydrogen-bond acceptors (Lipinski definition) is 5. The van der Waals surface area contributed by atoms with Crippen molar-refractivity contribution < 1.29 is 23.9 Å². The van der Waals surface area contributed by atoms with E-state index >= 15 is 0 Å². The zero-order chi connectivity index (χ0) is 18.7. The van der Waals surface area contributed by atoms with Crippen LogP contribution in [-0.4, -0.2) is 57.1 Å². The largest absolute Gasteiger partial charge is 0.463 e. The van der Waals surface area contributed by atoms with Gasteiger partial charge in [0.15, 0.2) is 0 Å². The molecule has 1 N–H and O–H groups in total. The summed E-state index contributed by atoms with van der Waals surface area (Å²) in [6, 6.07) is 7.33. The third-order valence-corrected chi connectivity index (χ3v) is 3.44. The van der Waals surface area contributed by atoms with Crippen LogP contribution in [0.1, 0.15) is 24.8 Å². The van der Waals surface area contributed by atoms with Gasteiger partial charge in [-0.3, -0.25) is 14.4 Å². The first-order valence-corrected chi connectivity index (χ1v) is 8.16. The molecule has 0 unspecified atom stereocenters. The number of ether oxygens (including phenoxy) is 2. The van der Waals surface area contributed by atoms with Crippen molar-refractivity contribution in [2.45, 2.75) is 25.7 Å². The number of carbonyl (C=O) groups is 3. The molecule has 1 rings (SSSR count). The summed E-state index contributed by atoms with van der Waals surface area (Å²) < 4.78 is 9.67. The van der Waals surface area contributed by atoms with Crippen LogP contribution >= 0.6 is 0 Å². The number of benzene rings is 1. The maximum atomic E-state index is 11.9. The van der Waals surface area contributed by atoms with E-state index in [9.17, 15) is 14.4 Å². The fourth-order valence-electron chi connectivity index (χ4n) is 2.03. The van der Waals surface area contributed by atoms with Crippen LogP contribution in [0.5, 0.6) is 0 Å². The van der Waals surface area contributed by atoms with E-state index in [-0.39, 0.29) is 31.3 Å². The molecule has 1 aromatic rings. The summed E-state index contributed by atoms with van der Waals surface area (Å²) in [6.45, 7) is 0.520. The van der Waals surface area contributed by atoms with Crippen molar-refractivity contribution in [1.29, 1.82) is 0 Å². The third kappa shape index (κ3) is 8.85. The van der Waals surface area contributed by atoms with Crippen molar-refractivity contribution >= 4 is 23.5 Å².